The van der Waals surface area contributed by atoms with Crippen LogP contribution in [0.2, 0.25) is 0 Å². The number of fused-ring (bicyclic) bond motifs is 1. The summed E-state index contributed by atoms with van der Waals surface area (Å²) < 4.78 is 30.7. The molecule has 0 bridgehead atoms. The molecule has 0 aliphatic rings. The van der Waals surface area contributed by atoms with Gasteiger partial charge < -0.3 is 4.74 Å². The van der Waals surface area contributed by atoms with Crippen molar-refractivity contribution in [1.82, 2.24) is 14.3 Å². The molecule has 0 fully saturated rings. The van der Waals surface area contributed by atoms with Gasteiger partial charge in [-0.2, -0.15) is 4.31 Å². The Labute approximate surface area is 167 Å². The van der Waals surface area contributed by atoms with Gasteiger partial charge in [0.2, 0.25) is 15.9 Å². The molecule has 148 valence electrons. The molecule has 0 radical (unpaired) electrons. The number of likely N-dealkylation sites (N-methyl/N-ethyl adjacent to an activating group) is 1. The van der Waals surface area contributed by atoms with E-state index in [9.17, 15) is 13.2 Å². The van der Waals surface area contributed by atoms with Crippen molar-refractivity contribution in [2.24, 2.45) is 0 Å². The van der Waals surface area contributed by atoms with Gasteiger partial charge in [-0.1, -0.05) is 23.5 Å². The molecule has 10 heteroatoms. The molecule has 0 N–H and O–H groups in total. The lowest BCUT2D eigenvalue weighted by atomic mass is 10.3. The molecule has 0 atom stereocenters. The largest absolute Gasteiger partial charge is 0.494 e. The van der Waals surface area contributed by atoms with Crippen molar-refractivity contribution < 1.29 is 17.9 Å². The van der Waals surface area contributed by atoms with Crippen molar-refractivity contribution in [3.8, 4) is 5.75 Å². The monoisotopic (exact) mass is 420 g/mol. The molecule has 2 aromatic heterocycles. The predicted octanol–water partition coefficient (Wildman–Crippen LogP) is 2.12. The molecule has 8 nitrogen and oxygen atoms in total. The Morgan fingerprint density at radius 3 is 2.64 bits per heavy atom. The number of carbonyl (C=O) groups is 1. The number of methoxy groups -OCH3 is 1. The van der Waals surface area contributed by atoms with Gasteiger partial charge in [0.25, 0.3) is 0 Å². The van der Waals surface area contributed by atoms with Gasteiger partial charge in [0.05, 0.1) is 36.8 Å². The number of anilines is 1. The van der Waals surface area contributed by atoms with Crippen LogP contribution in [0.5, 0.6) is 5.75 Å². The third-order valence-corrected chi connectivity index (χ3v) is 6.40. The highest BCUT2D eigenvalue weighted by Gasteiger charge is 2.25. The normalized spacial score (nSPS) is 11.7. The minimum Gasteiger partial charge on any atom is -0.494 e. The summed E-state index contributed by atoms with van der Waals surface area (Å²) in [6, 6.07) is 11.0. The number of nitrogens with zero attached hydrogens (tertiary/aromatic N) is 4. The van der Waals surface area contributed by atoms with Crippen LogP contribution in [0.15, 0.2) is 42.6 Å². The molecule has 28 heavy (non-hydrogen) atoms. The number of para-hydroxylation sites is 1. The second-order valence-electron chi connectivity index (χ2n) is 6.12. The van der Waals surface area contributed by atoms with Gasteiger partial charge in [-0.3, -0.25) is 14.7 Å². The summed E-state index contributed by atoms with van der Waals surface area (Å²) in [6.07, 6.45) is 2.70. The van der Waals surface area contributed by atoms with Gasteiger partial charge in [0, 0.05) is 13.2 Å². The van der Waals surface area contributed by atoms with Crippen LogP contribution in [0, 0.1) is 0 Å². The summed E-state index contributed by atoms with van der Waals surface area (Å²) >= 11 is 1.34. The summed E-state index contributed by atoms with van der Waals surface area (Å²) in [7, 11) is -0.559. The number of benzene rings is 1. The first kappa shape index (κ1) is 20.2. The van der Waals surface area contributed by atoms with Crippen LogP contribution < -0.4 is 9.64 Å². The lowest BCUT2D eigenvalue weighted by Gasteiger charge is -2.22. The molecule has 3 rings (SSSR count). The highest BCUT2D eigenvalue weighted by Crippen LogP contribution is 2.34. The van der Waals surface area contributed by atoms with Gasteiger partial charge in [0.1, 0.15) is 11.3 Å². The highest BCUT2D eigenvalue weighted by atomic mass is 32.2. The number of hydrogen-bond acceptors (Lipinski definition) is 7. The Kier molecular flexibility index (Phi) is 5.92. The standard InChI is InChI=1S/C18H20N4O4S2/c1-21(28(3,24)25)12-16(23)22(11-13-7-4-5-10-19-13)18-20-17-14(26-2)8-6-9-15(17)27-18/h4-10H,11-12H2,1-3H3. The zero-order valence-corrected chi connectivity index (χ0v) is 17.3. The smallest absolute Gasteiger partial charge is 0.244 e. The van der Waals surface area contributed by atoms with E-state index in [1.54, 1.807) is 31.5 Å². The second-order valence-corrected chi connectivity index (χ2v) is 9.22. The van der Waals surface area contributed by atoms with Crippen molar-refractivity contribution >= 4 is 42.6 Å². The molecule has 0 saturated carbocycles. The van der Waals surface area contributed by atoms with E-state index in [0.29, 0.717) is 22.1 Å². The van der Waals surface area contributed by atoms with Crippen molar-refractivity contribution in [3.63, 3.8) is 0 Å². The van der Waals surface area contributed by atoms with Gasteiger partial charge >= 0.3 is 0 Å². The van der Waals surface area contributed by atoms with Crippen molar-refractivity contribution in [2.75, 3.05) is 31.9 Å². The van der Waals surface area contributed by atoms with Crippen LogP contribution in [0.1, 0.15) is 5.69 Å². The maximum atomic E-state index is 13.0. The fraction of sp³-hybridized carbons (Fsp3) is 0.278. The predicted molar refractivity (Wildman–Crippen MR) is 109 cm³/mol. The molecule has 0 aliphatic heterocycles. The molecule has 1 aromatic carbocycles. The van der Waals surface area contributed by atoms with Crippen LogP contribution in [-0.2, 0) is 21.4 Å². The first-order valence-corrected chi connectivity index (χ1v) is 11.0. The Morgan fingerprint density at radius 2 is 2.00 bits per heavy atom. The molecule has 0 saturated heterocycles. The minimum atomic E-state index is -3.49. The van der Waals surface area contributed by atoms with Gasteiger partial charge in [-0.25, -0.2) is 13.4 Å². The maximum absolute atomic E-state index is 13.0. The quantitative estimate of drug-likeness (QED) is 0.581. The van der Waals surface area contributed by atoms with Gasteiger partial charge in [-0.15, -0.1) is 0 Å². The first-order valence-electron chi connectivity index (χ1n) is 8.34. The fourth-order valence-corrected chi connectivity index (χ4v) is 3.85. The minimum absolute atomic E-state index is 0.180. The van der Waals surface area contributed by atoms with E-state index in [2.05, 4.69) is 9.97 Å². The Bertz CT molecular complexity index is 1080. The van der Waals surface area contributed by atoms with E-state index in [1.165, 1.54) is 23.3 Å². The number of rotatable bonds is 7. The number of aromatic nitrogens is 2. The molecule has 2 heterocycles. The number of hydrogen-bond donors (Lipinski definition) is 0. The van der Waals surface area contributed by atoms with Crippen LogP contribution >= 0.6 is 11.3 Å². The number of pyridine rings is 1. The number of carbonyl (C=O) groups excluding carboxylic acids is 1. The summed E-state index contributed by atoms with van der Waals surface area (Å²) in [6.45, 7) is -0.113. The SMILES string of the molecule is COc1cccc2sc(N(Cc3ccccn3)C(=O)CN(C)S(C)(=O)=O)nc12. The Balaban J connectivity index is 1.99. The van der Waals surface area contributed by atoms with E-state index in [4.69, 9.17) is 4.74 Å². The van der Waals surface area contributed by atoms with E-state index in [0.717, 1.165) is 15.3 Å². The first-order chi connectivity index (χ1) is 13.3. The van der Waals surface area contributed by atoms with Crippen molar-refractivity contribution in [1.29, 1.82) is 0 Å². The van der Waals surface area contributed by atoms with E-state index >= 15 is 0 Å². The summed E-state index contributed by atoms with van der Waals surface area (Å²) in [4.78, 5) is 23.3. The average Bonchev–Trinajstić information content (AvgIpc) is 3.09. The van der Waals surface area contributed by atoms with Crippen molar-refractivity contribution in [2.45, 2.75) is 6.54 Å². The second kappa shape index (κ2) is 8.21. The van der Waals surface area contributed by atoms with E-state index in [-0.39, 0.29) is 13.1 Å². The number of amides is 1. The van der Waals surface area contributed by atoms with Crippen molar-refractivity contribution in [3.05, 3.63) is 48.3 Å². The Morgan fingerprint density at radius 1 is 1.21 bits per heavy atom. The molecule has 3 aromatic rings. The van der Waals surface area contributed by atoms with E-state index in [1.807, 2.05) is 18.2 Å². The summed E-state index contributed by atoms with van der Waals surface area (Å²) in [5.41, 5.74) is 1.32. The van der Waals surface area contributed by atoms with E-state index < -0.39 is 15.9 Å². The molecule has 1 amide bonds. The summed E-state index contributed by atoms with van der Waals surface area (Å²) in [5, 5.41) is 0.456. The highest BCUT2D eigenvalue weighted by molar-refractivity contribution is 7.88. The maximum Gasteiger partial charge on any atom is 0.244 e. The third-order valence-electron chi connectivity index (χ3n) is 4.09. The topological polar surface area (TPSA) is 92.7 Å². The average molecular weight is 421 g/mol. The Hall–Kier alpha value is -2.56. The zero-order valence-electron chi connectivity index (χ0n) is 15.7. The van der Waals surface area contributed by atoms with Gasteiger partial charge in [0.15, 0.2) is 5.13 Å². The third kappa shape index (κ3) is 4.46. The lowest BCUT2D eigenvalue weighted by molar-refractivity contribution is -0.118. The summed E-state index contributed by atoms with van der Waals surface area (Å²) in [5.74, 6) is 0.218. The molecular formula is C18H20N4O4S2. The van der Waals surface area contributed by atoms with Crippen LogP contribution in [0.4, 0.5) is 5.13 Å². The van der Waals surface area contributed by atoms with Crippen LogP contribution in [0.25, 0.3) is 10.2 Å². The molecule has 0 unspecified atom stereocenters. The molecule has 0 aliphatic carbocycles. The van der Waals surface area contributed by atoms with Gasteiger partial charge in [-0.05, 0) is 24.3 Å². The van der Waals surface area contributed by atoms with Crippen LogP contribution in [-0.4, -0.2) is 55.6 Å². The zero-order chi connectivity index (χ0) is 20.3. The molecular weight excluding hydrogens is 400 g/mol. The van der Waals surface area contributed by atoms with Crippen LogP contribution in [0.3, 0.4) is 0 Å². The molecule has 0 spiro atoms. The number of thiazole rings is 1. The number of ether oxygens (including phenoxy) is 1. The lowest BCUT2D eigenvalue weighted by Crippen LogP contribution is -2.40. The number of sulfonamides is 1. The fourth-order valence-electron chi connectivity index (χ4n) is 2.50.